The van der Waals surface area contributed by atoms with Gasteiger partial charge in [-0.25, -0.2) is 0 Å². The molecule has 3 fully saturated rings. The molecule has 0 radical (unpaired) electrons. The number of esters is 1. The maximum absolute atomic E-state index is 11.6. The summed E-state index contributed by atoms with van der Waals surface area (Å²) in [6, 6.07) is 1.19. The van der Waals surface area contributed by atoms with E-state index in [1.807, 2.05) is 0 Å². The first-order valence-corrected chi connectivity index (χ1v) is 7.85. The fourth-order valence-corrected chi connectivity index (χ4v) is 4.35. The summed E-state index contributed by atoms with van der Waals surface area (Å²) in [6.07, 6.45) is 8.80. The minimum absolute atomic E-state index is 0.0629. The summed E-state index contributed by atoms with van der Waals surface area (Å²) >= 11 is 0. The van der Waals surface area contributed by atoms with Crippen molar-refractivity contribution in [1.29, 1.82) is 0 Å². The highest BCUT2D eigenvalue weighted by Crippen LogP contribution is 2.37. The Morgan fingerprint density at radius 2 is 1.89 bits per heavy atom. The van der Waals surface area contributed by atoms with Gasteiger partial charge in [0.05, 0.1) is 7.11 Å². The van der Waals surface area contributed by atoms with Crippen LogP contribution < -0.4 is 10.6 Å². The van der Waals surface area contributed by atoms with Crippen molar-refractivity contribution in [3.05, 3.63) is 0 Å². The molecule has 1 aliphatic carbocycles. The molecule has 0 aromatic heterocycles. The molecule has 0 spiro atoms. The average molecular weight is 266 g/mol. The van der Waals surface area contributed by atoms with Crippen LogP contribution in [0, 0.1) is 11.8 Å². The van der Waals surface area contributed by atoms with Crippen molar-refractivity contribution >= 4 is 5.97 Å². The molecule has 2 heterocycles. The van der Waals surface area contributed by atoms with E-state index in [1.165, 1.54) is 45.8 Å². The second-order valence-corrected chi connectivity index (χ2v) is 6.46. The molecule has 3 rings (SSSR count). The standard InChI is InChI=1S/C15H26N2O2/c1-19-15(18)13-7-6-12(17-13)11-5-4-10-3-2-8-16-14(10)9-11/h10-14,16-17H,2-9H2,1H3/t10?,11?,12?,13-,14?/m0/s1. The molecule has 2 N–H and O–H groups in total. The topological polar surface area (TPSA) is 50.4 Å². The van der Waals surface area contributed by atoms with Gasteiger partial charge in [-0.15, -0.1) is 0 Å². The number of hydrogen-bond acceptors (Lipinski definition) is 4. The summed E-state index contributed by atoms with van der Waals surface area (Å²) in [7, 11) is 1.48. The quantitative estimate of drug-likeness (QED) is 0.743. The predicted molar refractivity (Wildman–Crippen MR) is 73.8 cm³/mol. The molecular formula is C15H26N2O2. The zero-order chi connectivity index (χ0) is 13.2. The predicted octanol–water partition coefficient (Wildman–Crippen LogP) is 1.45. The number of carbonyl (C=O) groups is 1. The molecule has 4 unspecified atom stereocenters. The van der Waals surface area contributed by atoms with Crippen molar-refractivity contribution in [3.8, 4) is 0 Å². The molecule has 0 amide bonds. The highest BCUT2D eigenvalue weighted by atomic mass is 16.5. The van der Waals surface area contributed by atoms with E-state index < -0.39 is 0 Å². The number of hydrogen-bond donors (Lipinski definition) is 2. The lowest BCUT2D eigenvalue weighted by atomic mass is 9.72. The van der Waals surface area contributed by atoms with Crippen LogP contribution in [0.1, 0.15) is 44.9 Å². The van der Waals surface area contributed by atoms with Gasteiger partial charge in [-0.05, 0) is 63.3 Å². The van der Waals surface area contributed by atoms with Gasteiger partial charge in [0.1, 0.15) is 6.04 Å². The van der Waals surface area contributed by atoms with Gasteiger partial charge in [-0.3, -0.25) is 4.79 Å². The van der Waals surface area contributed by atoms with E-state index in [-0.39, 0.29) is 12.0 Å². The van der Waals surface area contributed by atoms with Crippen molar-refractivity contribution in [2.75, 3.05) is 13.7 Å². The van der Waals surface area contributed by atoms with Gasteiger partial charge < -0.3 is 15.4 Å². The Labute approximate surface area is 115 Å². The zero-order valence-corrected chi connectivity index (χ0v) is 11.9. The van der Waals surface area contributed by atoms with E-state index in [0.29, 0.717) is 6.04 Å². The van der Waals surface area contributed by atoms with Crippen molar-refractivity contribution in [3.63, 3.8) is 0 Å². The lowest BCUT2D eigenvalue weighted by Crippen LogP contribution is -2.49. The Morgan fingerprint density at radius 3 is 2.74 bits per heavy atom. The summed E-state index contributed by atoms with van der Waals surface area (Å²) < 4.78 is 4.84. The van der Waals surface area contributed by atoms with Crippen molar-refractivity contribution in [1.82, 2.24) is 10.6 Å². The van der Waals surface area contributed by atoms with Gasteiger partial charge in [-0.1, -0.05) is 0 Å². The minimum atomic E-state index is -0.0908. The van der Waals surface area contributed by atoms with Gasteiger partial charge in [-0.2, -0.15) is 0 Å². The SMILES string of the molecule is COC(=O)[C@@H]1CCC(C2CCC3CCCNC3C2)N1. The first kappa shape index (κ1) is 13.4. The Balaban J connectivity index is 1.54. The van der Waals surface area contributed by atoms with E-state index in [1.54, 1.807) is 0 Å². The number of ether oxygens (including phenoxy) is 1. The molecule has 4 nitrogen and oxygen atoms in total. The third-order valence-corrected chi connectivity index (χ3v) is 5.43. The minimum Gasteiger partial charge on any atom is -0.468 e. The van der Waals surface area contributed by atoms with Crippen LogP contribution in [0.4, 0.5) is 0 Å². The fourth-order valence-electron chi connectivity index (χ4n) is 4.35. The van der Waals surface area contributed by atoms with Gasteiger partial charge >= 0.3 is 5.97 Å². The van der Waals surface area contributed by atoms with Crippen LogP contribution in [0.2, 0.25) is 0 Å². The van der Waals surface area contributed by atoms with Crippen molar-refractivity contribution in [2.24, 2.45) is 11.8 Å². The van der Waals surface area contributed by atoms with E-state index in [0.717, 1.165) is 30.7 Å². The molecule has 19 heavy (non-hydrogen) atoms. The van der Waals surface area contributed by atoms with Crippen molar-refractivity contribution < 1.29 is 9.53 Å². The van der Waals surface area contributed by atoms with Gasteiger partial charge in [0, 0.05) is 12.1 Å². The third-order valence-electron chi connectivity index (χ3n) is 5.43. The van der Waals surface area contributed by atoms with Gasteiger partial charge in [0.25, 0.3) is 0 Å². The van der Waals surface area contributed by atoms with Crippen LogP contribution in [0.3, 0.4) is 0 Å². The zero-order valence-electron chi connectivity index (χ0n) is 11.9. The lowest BCUT2D eigenvalue weighted by Gasteiger charge is -2.41. The summed E-state index contributed by atoms with van der Waals surface area (Å²) in [5, 5.41) is 7.20. The molecular weight excluding hydrogens is 240 g/mol. The van der Waals surface area contributed by atoms with Crippen LogP contribution >= 0.6 is 0 Å². The summed E-state index contributed by atoms with van der Waals surface area (Å²) in [5.74, 6) is 1.55. The largest absolute Gasteiger partial charge is 0.468 e. The monoisotopic (exact) mass is 266 g/mol. The van der Waals surface area contributed by atoms with Crippen LogP contribution in [0.15, 0.2) is 0 Å². The molecule has 108 valence electrons. The second kappa shape index (κ2) is 5.80. The summed E-state index contributed by atoms with van der Waals surface area (Å²) in [4.78, 5) is 11.6. The van der Waals surface area contributed by atoms with E-state index in [9.17, 15) is 4.79 Å². The van der Waals surface area contributed by atoms with Crippen molar-refractivity contribution in [2.45, 2.75) is 63.1 Å². The van der Waals surface area contributed by atoms with Crippen LogP contribution in [-0.2, 0) is 9.53 Å². The van der Waals surface area contributed by atoms with E-state index >= 15 is 0 Å². The normalized spacial score (nSPS) is 42.7. The molecule has 5 atom stereocenters. The number of rotatable bonds is 2. The molecule has 3 aliphatic rings. The molecule has 0 bridgehead atoms. The Kier molecular flexibility index (Phi) is 4.08. The van der Waals surface area contributed by atoms with Crippen LogP contribution in [0.25, 0.3) is 0 Å². The number of fused-ring (bicyclic) bond motifs is 1. The number of carbonyl (C=O) groups excluding carboxylic acids is 1. The smallest absolute Gasteiger partial charge is 0.322 e. The lowest BCUT2D eigenvalue weighted by molar-refractivity contribution is -0.142. The first-order chi connectivity index (χ1) is 9.28. The Morgan fingerprint density at radius 1 is 1.05 bits per heavy atom. The summed E-state index contributed by atoms with van der Waals surface area (Å²) in [6.45, 7) is 1.19. The molecule has 2 aliphatic heterocycles. The van der Waals surface area contributed by atoms with Gasteiger partial charge in [0.15, 0.2) is 0 Å². The number of piperidine rings is 1. The molecule has 4 heteroatoms. The van der Waals surface area contributed by atoms with Crippen LogP contribution in [-0.4, -0.2) is 37.7 Å². The van der Waals surface area contributed by atoms with Crippen LogP contribution in [0.5, 0.6) is 0 Å². The maximum Gasteiger partial charge on any atom is 0.322 e. The third kappa shape index (κ3) is 2.79. The Bertz CT molecular complexity index is 334. The maximum atomic E-state index is 11.6. The van der Waals surface area contributed by atoms with Gasteiger partial charge in [0.2, 0.25) is 0 Å². The molecule has 0 aromatic rings. The number of methoxy groups -OCH3 is 1. The highest BCUT2D eigenvalue weighted by molar-refractivity contribution is 5.76. The molecule has 1 saturated carbocycles. The Hall–Kier alpha value is -0.610. The first-order valence-electron chi connectivity index (χ1n) is 7.85. The molecule has 2 saturated heterocycles. The molecule has 0 aromatic carbocycles. The number of nitrogens with one attached hydrogen (secondary N) is 2. The highest BCUT2D eigenvalue weighted by Gasteiger charge is 2.39. The fraction of sp³-hybridized carbons (Fsp3) is 0.933. The van der Waals surface area contributed by atoms with E-state index in [2.05, 4.69) is 10.6 Å². The second-order valence-electron chi connectivity index (χ2n) is 6.46. The average Bonchev–Trinajstić information content (AvgIpc) is 2.95. The summed E-state index contributed by atoms with van der Waals surface area (Å²) in [5.41, 5.74) is 0. The van der Waals surface area contributed by atoms with E-state index in [4.69, 9.17) is 4.74 Å².